The van der Waals surface area contributed by atoms with E-state index in [-0.39, 0.29) is 0 Å². The Kier molecular flexibility index (Phi) is 3.70. The fourth-order valence-electron chi connectivity index (χ4n) is 4.27. The van der Waals surface area contributed by atoms with Crippen molar-refractivity contribution in [3.05, 3.63) is 84.9 Å². The zero-order chi connectivity index (χ0) is 20.9. The monoisotopic (exact) mass is 401 g/mol. The molecule has 0 radical (unpaired) electrons. The zero-order valence-electron chi connectivity index (χ0n) is 16.6. The Morgan fingerprint density at radius 2 is 1.23 bits per heavy atom. The van der Waals surface area contributed by atoms with Crippen molar-refractivity contribution in [2.24, 2.45) is 0 Å². The Labute approximate surface area is 178 Å². The molecule has 0 saturated heterocycles. The quantitative estimate of drug-likeness (QED) is 0.254. The van der Waals surface area contributed by atoms with E-state index in [1.54, 1.807) is 0 Å². The molecule has 0 amide bonds. The summed E-state index contributed by atoms with van der Waals surface area (Å²) in [5, 5.41) is 3.15. The summed E-state index contributed by atoms with van der Waals surface area (Å²) in [5.41, 5.74) is 19.2. The second-order valence-corrected chi connectivity index (χ2v) is 7.63. The van der Waals surface area contributed by atoms with Gasteiger partial charge in [0.25, 0.3) is 0 Å². The average molecular weight is 401 g/mol. The standard InChI is InChI=1S/C26H19N5/c27-19-11-6-12-20(28)22(19)26-30-24-17-10-5-4-9-16(17)23-18(25(24)31-26)13-14-21(29-23)15-7-2-1-3-8-15/h1-14,29H,27-28H2. The number of hydrogen-bond donors (Lipinski definition) is 3. The summed E-state index contributed by atoms with van der Waals surface area (Å²) in [6.45, 7) is 0. The fraction of sp³-hybridized carbons (Fsp3) is 0. The van der Waals surface area contributed by atoms with Crippen LogP contribution in [0, 0.1) is 0 Å². The number of nitrogens with zero attached hydrogens (tertiary/aromatic N) is 2. The van der Waals surface area contributed by atoms with Crippen molar-refractivity contribution >= 4 is 44.1 Å². The lowest BCUT2D eigenvalue weighted by Crippen LogP contribution is -1.96. The van der Waals surface area contributed by atoms with Crippen molar-refractivity contribution in [3.63, 3.8) is 0 Å². The van der Waals surface area contributed by atoms with E-state index in [9.17, 15) is 0 Å². The normalized spacial score (nSPS) is 11.5. The minimum Gasteiger partial charge on any atom is -0.398 e. The lowest BCUT2D eigenvalue weighted by molar-refractivity contribution is 1.34. The van der Waals surface area contributed by atoms with E-state index in [0.717, 1.165) is 44.0 Å². The van der Waals surface area contributed by atoms with Crippen LogP contribution in [0.3, 0.4) is 0 Å². The SMILES string of the molecule is Nc1cccc(N)c1-c1nc2c3ccccc3c3[nH]c(-c4ccccc4)ccc3c2n1. The van der Waals surface area contributed by atoms with Gasteiger partial charge in [-0.25, -0.2) is 9.97 Å². The van der Waals surface area contributed by atoms with Crippen molar-refractivity contribution in [2.45, 2.75) is 0 Å². The topological polar surface area (TPSA) is 93.6 Å². The summed E-state index contributed by atoms with van der Waals surface area (Å²) in [6, 6.07) is 28.2. The molecule has 5 nitrogen and oxygen atoms in total. The summed E-state index contributed by atoms with van der Waals surface area (Å²) < 4.78 is 0. The molecule has 0 aliphatic carbocycles. The number of nitrogens with one attached hydrogen (secondary N) is 1. The number of rotatable bonds is 2. The first-order chi connectivity index (χ1) is 15.2. The lowest BCUT2D eigenvalue weighted by Gasteiger charge is -2.09. The predicted octanol–water partition coefficient (Wildman–Crippen LogP) is 5.76. The van der Waals surface area contributed by atoms with E-state index < -0.39 is 0 Å². The van der Waals surface area contributed by atoms with Crippen LogP contribution in [0.5, 0.6) is 0 Å². The maximum atomic E-state index is 6.22. The first kappa shape index (κ1) is 17.5. The first-order valence-electron chi connectivity index (χ1n) is 10.1. The zero-order valence-corrected chi connectivity index (χ0v) is 16.6. The third-order valence-corrected chi connectivity index (χ3v) is 5.75. The van der Waals surface area contributed by atoms with E-state index >= 15 is 0 Å². The number of nitrogen functional groups attached to an aromatic ring is 2. The van der Waals surface area contributed by atoms with Gasteiger partial charge in [0.15, 0.2) is 5.82 Å². The van der Waals surface area contributed by atoms with Crippen molar-refractivity contribution < 1.29 is 0 Å². The number of aromatic amines is 1. The highest BCUT2D eigenvalue weighted by Gasteiger charge is 2.18. The number of benzene rings is 4. The molecular weight excluding hydrogens is 382 g/mol. The minimum absolute atomic E-state index is 0.551. The molecule has 0 fully saturated rings. The lowest BCUT2D eigenvalue weighted by atomic mass is 10.0. The van der Waals surface area contributed by atoms with Crippen LogP contribution < -0.4 is 11.5 Å². The number of fused-ring (bicyclic) bond motifs is 6. The highest BCUT2D eigenvalue weighted by atomic mass is 14.9. The van der Waals surface area contributed by atoms with Crippen molar-refractivity contribution in [3.8, 4) is 22.6 Å². The molecule has 2 aromatic heterocycles. The van der Waals surface area contributed by atoms with Gasteiger partial charge in [0.05, 0.1) is 16.6 Å². The van der Waals surface area contributed by atoms with Crippen molar-refractivity contribution in [1.82, 2.24) is 15.0 Å². The van der Waals surface area contributed by atoms with E-state index in [2.05, 4.69) is 41.4 Å². The molecule has 31 heavy (non-hydrogen) atoms. The highest BCUT2D eigenvalue weighted by Crippen LogP contribution is 2.37. The maximum Gasteiger partial charge on any atom is 0.164 e. The molecule has 2 heterocycles. The van der Waals surface area contributed by atoms with Gasteiger partial charge >= 0.3 is 0 Å². The third-order valence-electron chi connectivity index (χ3n) is 5.75. The van der Waals surface area contributed by atoms with Crippen LogP contribution in [0.2, 0.25) is 0 Å². The van der Waals surface area contributed by atoms with Gasteiger partial charge in [-0.1, -0.05) is 60.7 Å². The van der Waals surface area contributed by atoms with Gasteiger partial charge in [-0.2, -0.15) is 0 Å². The summed E-state index contributed by atoms with van der Waals surface area (Å²) in [4.78, 5) is 13.4. The van der Waals surface area contributed by atoms with Gasteiger partial charge in [-0.15, -0.1) is 0 Å². The molecule has 6 aromatic rings. The average Bonchev–Trinajstić information content (AvgIpc) is 3.25. The molecular formula is C26H19N5. The van der Waals surface area contributed by atoms with Crippen LogP contribution in [0.1, 0.15) is 0 Å². The Balaban J connectivity index is 1.71. The highest BCUT2D eigenvalue weighted by molar-refractivity contribution is 6.22. The second kappa shape index (κ2) is 6.57. The van der Waals surface area contributed by atoms with Crippen molar-refractivity contribution in [1.29, 1.82) is 0 Å². The Morgan fingerprint density at radius 3 is 1.97 bits per heavy atom. The number of anilines is 2. The van der Waals surface area contributed by atoms with E-state index in [0.29, 0.717) is 22.8 Å². The molecule has 0 bridgehead atoms. The summed E-state index contributed by atoms with van der Waals surface area (Å²) in [6.07, 6.45) is 0. The molecule has 0 spiro atoms. The molecule has 148 valence electrons. The van der Waals surface area contributed by atoms with Crippen molar-refractivity contribution in [2.75, 3.05) is 11.5 Å². The number of aromatic nitrogens is 3. The fourth-order valence-corrected chi connectivity index (χ4v) is 4.27. The van der Waals surface area contributed by atoms with Crippen LogP contribution in [0.15, 0.2) is 84.9 Å². The number of H-pyrrole nitrogens is 1. The summed E-state index contributed by atoms with van der Waals surface area (Å²) in [7, 11) is 0. The molecule has 6 rings (SSSR count). The molecule has 0 aliphatic heterocycles. The van der Waals surface area contributed by atoms with Gasteiger partial charge in [0.1, 0.15) is 5.52 Å². The molecule has 5 N–H and O–H groups in total. The molecule has 0 unspecified atom stereocenters. The first-order valence-corrected chi connectivity index (χ1v) is 10.1. The van der Waals surface area contributed by atoms with Gasteiger partial charge in [0, 0.05) is 33.2 Å². The van der Waals surface area contributed by atoms with Crippen LogP contribution >= 0.6 is 0 Å². The van der Waals surface area contributed by atoms with Gasteiger partial charge < -0.3 is 16.5 Å². The molecule has 0 saturated carbocycles. The van der Waals surface area contributed by atoms with E-state index in [4.69, 9.17) is 21.4 Å². The van der Waals surface area contributed by atoms with Gasteiger partial charge in [0.2, 0.25) is 0 Å². The third kappa shape index (κ3) is 2.64. The van der Waals surface area contributed by atoms with E-state index in [1.807, 2.05) is 48.5 Å². The molecule has 0 atom stereocenters. The van der Waals surface area contributed by atoms with Crippen LogP contribution in [0.4, 0.5) is 11.4 Å². The minimum atomic E-state index is 0.551. The smallest absolute Gasteiger partial charge is 0.164 e. The number of imidazole rings is 1. The molecule has 4 aromatic carbocycles. The second-order valence-electron chi connectivity index (χ2n) is 7.63. The van der Waals surface area contributed by atoms with Gasteiger partial charge in [-0.05, 0) is 29.8 Å². The summed E-state index contributed by atoms with van der Waals surface area (Å²) in [5.74, 6) is 0.551. The maximum absolute atomic E-state index is 6.22. The Hall–Kier alpha value is -4.38. The number of nitrogens with two attached hydrogens (primary N) is 2. The Bertz CT molecular complexity index is 1580. The van der Waals surface area contributed by atoms with E-state index in [1.165, 1.54) is 0 Å². The number of hydrogen-bond acceptors (Lipinski definition) is 4. The predicted molar refractivity (Wildman–Crippen MR) is 129 cm³/mol. The molecule has 5 heteroatoms. The van der Waals surface area contributed by atoms with Crippen LogP contribution in [-0.2, 0) is 0 Å². The van der Waals surface area contributed by atoms with Crippen LogP contribution in [0.25, 0.3) is 55.4 Å². The molecule has 0 aliphatic rings. The number of pyridine rings is 1. The Morgan fingerprint density at radius 1 is 0.581 bits per heavy atom. The van der Waals surface area contributed by atoms with Crippen LogP contribution in [-0.4, -0.2) is 15.0 Å². The largest absolute Gasteiger partial charge is 0.398 e. The van der Waals surface area contributed by atoms with Gasteiger partial charge in [-0.3, -0.25) is 0 Å². The summed E-state index contributed by atoms with van der Waals surface area (Å²) >= 11 is 0.